The predicted molar refractivity (Wildman–Crippen MR) is 110 cm³/mol. The molecule has 29 heavy (non-hydrogen) atoms. The molecule has 1 aromatic heterocycles. The maximum atomic E-state index is 13.0. The number of benzene rings is 1. The summed E-state index contributed by atoms with van der Waals surface area (Å²) in [7, 11) is 0. The quantitative estimate of drug-likeness (QED) is 0.840. The van der Waals surface area contributed by atoms with Gasteiger partial charge in [-0.25, -0.2) is 4.98 Å². The molecule has 0 saturated carbocycles. The number of nitrogens with zero attached hydrogens (tertiary/aromatic N) is 3. The van der Waals surface area contributed by atoms with E-state index in [4.69, 9.17) is 9.72 Å². The van der Waals surface area contributed by atoms with Gasteiger partial charge in [0.1, 0.15) is 18.5 Å². The third kappa shape index (κ3) is 4.45. The van der Waals surface area contributed by atoms with Crippen LogP contribution in [0.1, 0.15) is 57.3 Å². The molecule has 0 radical (unpaired) electrons. The van der Waals surface area contributed by atoms with Gasteiger partial charge < -0.3 is 19.5 Å². The molecule has 3 heterocycles. The molecule has 0 aliphatic carbocycles. The summed E-state index contributed by atoms with van der Waals surface area (Å²) in [6.07, 6.45) is 5.80. The summed E-state index contributed by atoms with van der Waals surface area (Å²) >= 11 is 0. The summed E-state index contributed by atoms with van der Waals surface area (Å²) in [6.45, 7) is 4.45. The van der Waals surface area contributed by atoms with Crippen molar-refractivity contribution in [3.05, 3.63) is 30.1 Å². The lowest BCUT2D eigenvalue weighted by Crippen LogP contribution is -2.38. The van der Waals surface area contributed by atoms with Gasteiger partial charge in [-0.05, 0) is 44.7 Å². The number of imidazole rings is 1. The Balaban J connectivity index is 1.56. The van der Waals surface area contributed by atoms with Crippen LogP contribution in [0.25, 0.3) is 11.0 Å². The van der Waals surface area contributed by atoms with Crippen molar-refractivity contribution in [3.63, 3.8) is 0 Å². The molecule has 2 aromatic rings. The SMILES string of the molecule is CC(NC(=O)C1CCCO1)c1nc2ccccc2n1CC(=O)N1CCCCCC1. The lowest BCUT2D eigenvalue weighted by atomic mass is 10.2. The number of hydrogen-bond acceptors (Lipinski definition) is 4. The van der Waals surface area contributed by atoms with Crippen LogP contribution in [-0.2, 0) is 20.9 Å². The van der Waals surface area contributed by atoms with Crippen molar-refractivity contribution < 1.29 is 14.3 Å². The van der Waals surface area contributed by atoms with Gasteiger partial charge in [-0.2, -0.15) is 0 Å². The van der Waals surface area contributed by atoms with E-state index in [1.54, 1.807) is 0 Å². The largest absolute Gasteiger partial charge is 0.368 e. The van der Waals surface area contributed by atoms with Gasteiger partial charge in [-0.3, -0.25) is 9.59 Å². The molecule has 4 rings (SSSR count). The smallest absolute Gasteiger partial charge is 0.249 e. The Kier molecular flexibility index (Phi) is 6.13. The van der Waals surface area contributed by atoms with E-state index >= 15 is 0 Å². The Morgan fingerprint density at radius 2 is 1.93 bits per heavy atom. The minimum atomic E-state index is -0.381. The number of likely N-dealkylation sites (tertiary alicyclic amines) is 1. The van der Waals surface area contributed by atoms with Crippen molar-refractivity contribution in [3.8, 4) is 0 Å². The Bertz CT molecular complexity index is 864. The number of aromatic nitrogens is 2. The molecular formula is C22H30N4O3. The predicted octanol–water partition coefficient (Wildman–Crippen LogP) is 2.80. The molecule has 2 fully saturated rings. The van der Waals surface area contributed by atoms with Crippen LogP contribution >= 0.6 is 0 Å². The van der Waals surface area contributed by atoms with Crippen LogP contribution in [0.2, 0.25) is 0 Å². The van der Waals surface area contributed by atoms with Crippen LogP contribution in [-0.4, -0.2) is 52.1 Å². The zero-order valence-electron chi connectivity index (χ0n) is 17.1. The average molecular weight is 399 g/mol. The van der Waals surface area contributed by atoms with E-state index in [1.807, 2.05) is 40.7 Å². The number of carbonyl (C=O) groups is 2. The molecular weight excluding hydrogens is 368 g/mol. The molecule has 2 amide bonds. The summed E-state index contributed by atoms with van der Waals surface area (Å²) in [5.74, 6) is 0.724. The van der Waals surface area contributed by atoms with Crippen molar-refractivity contribution >= 4 is 22.8 Å². The van der Waals surface area contributed by atoms with Crippen molar-refractivity contribution in [1.29, 1.82) is 0 Å². The zero-order chi connectivity index (χ0) is 20.2. The van der Waals surface area contributed by atoms with Crippen molar-refractivity contribution in [1.82, 2.24) is 19.8 Å². The summed E-state index contributed by atoms with van der Waals surface area (Å²) in [6, 6.07) is 7.51. The Labute approximate surface area is 171 Å². The number of para-hydroxylation sites is 2. The van der Waals surface area contributed by atoms with E-state index in [0.717, 1.165) is 49.8 Å². The number of amides is 2. The number of ether oxygens (including phenoxy) is 1. The fraction of sp³-hybridized carbons (Fsp3) is 0.591. The van der Waals surface area contributed by atoms with E-state index in [2.05, 4.69) is 5.32 Å². The first-order valence-electron chi connectivity index (χ1n) is 10.8. The Hall–Kier alpha value is -2.41. The Morgan fingerprint density at radius 3 is 2.66 bits per heavy atom. The highest BCUT2D eigenvalue weighted by molar-refractivity contribution is 5.83. The first-order valence-corrected chi connectivity index (χ1v) is 10.8. The van der Waals surface area contributed by atoms with E-state index in [1.165, 1.54) is 12.8 Å². The molecule has 2 unspecified atom stereocenters. The molecule has 0 bridgehead atoms. The highest BCUT2D eigenvalue weighted by Crippen LogP contribution is 2.22. The van der Waals surface area contributed by atoms with E-state index in [9.17, 15) is 9.59 Å². The normalized spacial score (nSPS) is 21.1. The Morgan fingerprint density at radius 1 is 1.17 bits per heavy atom. The van der Waals surface area contributed by atoms with E-state index in [0.29, 0.717) is 12.4 Å². The van der Waals surface area contributed by atoms with Gasteiger partial charge in [-0.1, -0.05) is 25.0 Å². The number of carbonyl (C=O) groups excluding carboxylic acids is 2. The summed E-state index contributed by atoms with van der Waals surface area (Å²) < 4.78 is 7.46. The second-order valence-corrected chi connectivity index (χ2v) is 8.07. The second kappa shape index (κ2) is 8.95. The van der Waals surface area contributed by atoms with Crippen LogP contribution in [0.15, 0.2) is 24.3 Å². The van der Waals surface area contributed by atoms with Crippen LogP contribution in [0.5, 0.6) is 0 Å². The molecule has 1 aromatic carbocycles. The van der Waals surface area contributed by atoms with Gasteiger partial charge in [-0.15, -0.1) is 0 Å². The zero-order valence-corrected chi connectivity index (χ0v) is 17.1. The standard InChI is InChI=1S/C22H30N4O3/c1-16(23-22(28)19-11-8-14-29-19)21-24-17-9-4-5-10-18(17)26(21)15-20(27)25-12-6-2-3-7-13-25/h4-5,9-10,16,19H,2-3,6-8,11-15H2,1H3,(H,23,28). The van der Waals surface area contributed by atoms with Crippen LogP contribution in [0.4, 0.5) is 0 Å². The molecule has 156 valence electrons. The van der Waals surface area contributed by atoms with Gasteiger partial charge in [0, 0.05) is 19.7 Å². The number of hydrogen-bond donors (Lipinski definition) is 1. The summed E-state index contributed by atoms with van der Waals surface area (Å²) in [5, 5.41) is 3.03. The monoisotopic (exact) mass is 398 g/mol. The van der Waals surface area contributed by atoms with Crippen molar-refractivity contribution in [2.75, 3.05) is 19.7 Å². The highest BCUT2D eigenvalue weighted by atomic mass is 16.5. The van der Waals surface area contributed by atoms with Gasteiger partial charge in [0.05, 0.1) is 17.1 Å². The number of nitrogens with one attached hydrogen (secondary N) is 1. The minimum Gasteiger partial charge on any atom is -0.368 e. The molecule has 7 nitrogen and oxygen atoms in total. The van der Waals surface area contributed by atoms with E-state index < -0.39 is 0 Å². The molecule has 2 atom stereocenters. The average Bonchev–Trinajstić information content (AvgIpc) is 3.29. The van der Waals surface area contributed by atoms with Crippen LogP contribution in [0.3, 0.4) is 0 Å². The maximum absolute atomic E-state index is 13.0. The minimum absolute atomic E-state index is 0.104. The third-order valence-electron chi connectivity index (χ3n) is 5.90. The van der Waals surface area contributed by atoms with Crippen molar-refractivity contribution in [2.24, 2.45) is 0 Å². The molecule has 7 heteroatoms. The first-order chi connectivity index (χ1) is 14.1. The fourth-order valence-corrected chi connectivity index (χ4v) is 4.30. The lowest BCUT2D eigenvalue weighted by Gasteiger charge is -2.23. The number of rotatable bonds is 5. The molecule has 0 spiro atoms. The summed E-state index contributed by atoms with van der Waals surface area (Å²) in [4.78, 5) is 32.3. The molecule has 2 aliphatic rings. The molecule has 2 aliphatic heterocycles. The lowest BCUT2D eigenvalue weighted by molar-refractivity contribution is -0.131. The number of fused-ring (bicyclic) bond motifs is 1. The maximum Gasteiger partial charge on any atom is 0.249 e. The fourth-order valence-electron chi connectivity index (χ4n) is 4.30. The van der Waals surface area contributed by atoms with E-state index in [-0.39, 0.29) is 30.5 Å². The topological polar surface area (TPSA) is 76.5 Å². The highest BCUT2D eigenvalue weighted by Gasteiger charge is 2.27. The first kappa shape index (κ1) is 19.9. The van der Waals surface area contributed by atoms with Gasteiger partial charge in [0.25, 0.3) is 0 Å². The van der Waals surface area contributed by atoms with Crippen molar-refractivity contribution in [2.45, 2.75) is 64.1 Å². The summed E-state index contributed by atoms with van der Waals surface area (Å²) in [5.41, 5.74) is 1.76. The third-order valence-corrected chi connectivity index (χ3v) is 5.90. The van der Waals surface area contributed by atoms with Gasteiger partial charge >= 0.3 is 0 Å². The van der Waals surface area contributed by atoms with Crippen LogP contribution < -0.4 is 5.32 Å². The van der Waals surface area contributed by atoms with Gasteiger partial charge in [0.2, 0.25) is 11.8 Å². The van der Waals surface area contributed by atoms with Crippen LogP contribution in [0, 0.1) is 0 Å². The van der Waals surface area contributed by atoms with Gasteiger partial charge in [0.15, 0.2) is 0 Å². The molecule has 1 N–H and O–H groups in total. The molecule has 2 saturated heterocycles. The second-order valence-electron chi connectivity index (χ2n) is 8.07.